The number of hydrogen-bond donors (Lipinski definition) is 2. The van der Waals surface area contributed by atoms with Crippen molar-refractivity contribution in [1.29, 1.82) is 0 Å². The Labute approximate surface area is 100 Å². The number of carbonyl (C=O) groups is 1. The van der Waals surface area contributed by atoms with Crippen molar-refractivity contribution in [2.24, 2.45) is 0 Å². The molecule has 0 aliphatic heterocycles. The molecule has 0 radical (unpaired) electrons. The topological polar surface area (TPSA) is 67.8 Å². The Morgan fingerprint density at radius 1 is 1.24 bits per heavy atom. The minimum absolute atomic E-state index is 0.0490. The summed E-state index contributed by atoms with van der Waals surface area (Å²) in [6, 6.07) is 7.32. The number of hydrogen-bond acceptors (Lipinski definition) is 4. The SMILES string of the molecule is CCOc1ccc(OCCNCC(=O)O)cc1. The molecule has 2 N–H and O–H groups in total. The van der Waals surface area contributed by atoms with Crippen LogP contribution < -0.4 is 14.8 Å². The second-order valence-electron chi connectivity index (χ2n) is 3.32. The first-order valence-corrected chi connectivity index (χ1v) is 5.50. The summed E-state index contributed by atoms with van der Waals surface area (Å²) in [6.45, 7) is 3.45. The number of ether oxygens (including phenoxy) is 2. The highest BCUT2D eigenvalue weighted by Crippen LogP contribution is 2.17. The highest BCUT2D eigenvalue weighted by atomic mass is 16.5. The van der Waals surface area contributed by atoms with E-state index in [1.807, 2.05) is 31.2 Å². The Bertz CT molecular complexity index is 337. The molecular weight excluding hydrogens is 222 g/mol. The maximum Gasteiger partial charge on any atom is 0.317 e. The van der Waals surface area contributed by atoms with Gasteiger partial charge in [-0.05, 0) is 31.2 Å². The van der Waals surface area contributed by atoms with E-state index in [0.717, 1.165) is 11.5 Å². The molecule has 0 spiro atoms. The van der Waals surface area contributed by atoms with Gasteiger partial charge in [0.05, 0.1) is 13.2 Å². The Morgan fingerprint density at radius 3 is 2.35 bits per heavy atom. The summed E-state index contributed by atoms with van der Waals surface area (Å²) in [5.74, 6) is 0.681. The van der Waals surface area contributed by atoms with Gasteiger partial charge in [0.2, 0.25) is 0 Å². The molecule has 0 saturated heterocycles. The van der Waals surface area contributed by atoms with Crippen LogP contribution in [0.4, 0.5) is 0 Å². The molecule has 0 bridgehead atoms. The Morgan fingerprint density at radius 2 is 1.82 bits per heavy atom. The smallest absolute Gasteiger partial charge is 0.317 e. The lowest BCUT2D eigenvalue weighted by atomic mass is 10.3. The second-order valence-corrected chi connectivity index (χ2v) is 3.32. The molecule has 0 saturated carbocycles. The van der Waals surface area contributed by atoms with E-state index in [1.54, 1.807) is 0 Å². The quantitative estimate of drug-likeness (QED) is 0.666. The van der Waals surface area contributed by atoms with Crippen LogP contribution in [0.3, 0.4) is 0 Å². The predicted octanol–water partition coefficient (Wildman–Crippen LogP) is 1.14. The average Bonchev–Trinajstić information content (AvgIpc) is 2.31. The van der Waals surface area contributed by atoms with Crippen LogP contribution in [0, 0.1) is 0 Å². The largest absolute Gasteiger partial charge is 0.494 e. The zero-order valence-corrected chi connectivity index (χ0v) is 9.81. The van der Waals surface area contributed by atoms with Crippen molar-refractivity contribution in [2.45, 2.75) is 6.92 Å². The number of aliphatic carboxylic acids is 1. The lowest BCUT2D eigenvalue weighted by Crippen LogP contribution is -2.26. The van der Waals surface area contributed by atoms with E-state index < -0.39 is 5.97 Å². The first kappa shape index (κ1) is 13.3. The van der Waals surface area contributed by atoms with Gasteiger partial charge in [0.1, 0.15) is 18.1 Å². The van der Waals surface area contributed by atoms with Crippen molar-refractivity contribution in [3.05, 3.63) is 24.3 Å². The molecule has 0 unspecified atom stereocenters. The summed E-state index contributed by atoms with van der Waals surface area (Å²) in [4.78, 5) is 10.2. The van der Waals surface area contributed by atoms with Crippen LogP contribution in [0.1, 0.15) is 6.92 Å². The van der Waals surface area contributed by atoms with Gasteiger partial charge >= 0.3 is 5.97 Å². The maximum absolute atomic E-state index is 10.2. The zero-order chi connectivity index (χ0) is 12.5. The normalized spacial score (nSPS) is 9.94. The third-order valence-electron chi connectivity index (χ3n) is 1.96. The first-order chi connectivity index (χ1) is 8.22. The lowest BCUT2D eigenvalue weighted by Gasteiger charge is -2.07. The molecule has 17 heavy (non-hydrogen) atoms. The molecule has 0 aromatic heterocycles. The highest BCUT2D eigenvalue weighted by molar-refractivity contribution is 5.68. The molecule has 94 valence electrons. The number of nitrogens with one attached hydrogen (secondary N) is 1. The number of carboxylic acids is 1. The van der Waals surface area contributed by atoms with Crippen molar-refractivity contribution in [3.63, 3.8) is 0 Å². The number of rotatable bonds is 8. The van der Waals surface area contributed by atoms with Crippen LogP contribution in [0.25, 0.3) is 0 Å². The van der Waals surface area contributed by atoms with Gasteiger partial charge < -0.3 is 19.9 Å². The van der Waals surface area contributed by atoms with E-state index in [1.165, 1.54) is 0 Å². The van der Waals surface area contributed by atoms with Crippen LogP contribution in [-0.4, -0.2) is 37.4 Å². The van der Waals surface area contributed by atoms with Crippen molar-refractivity contribution in [3.8, 4) is 11.5 Å². The molecule has 1 aromatic carbocycles. The first-order valence-electron chi connectivity index (χ1n) is 5.50. The lowest BCUT2D eigenvalue weighted by molar-refractivity contribution is -0.135. The van der Waals surface area contributed by atoms with Gasteiger partial charge in [-0.25, -0.2) is 0 Å². The molecule has 1 rings (SSSR count). The van der Waals surface area contributed by atoms with Crippen LogP contribution in [-0.2, 0) is 4.79 Å². The summed E-state index contributed by atoms with van der Waals surface area (Å²) in [7, 11) is 0. The standard InChI is InChI=1S/C12H17NO4/c1-2-16-10-3-5-11(6-4-10)17-8-7-13-9-12(14)15/h3-6,13H,2,7-9H2,1H3,(H,14,15). The van der Waals surface area contributed by atoms with Gasteiger partial charge in [-0.15, -0.1) is 0 Å². The van der Waals surface area contributed by atoms with Crippen molar-refractivity contribution >= 4 is 5.97 Å². The Hall–Kier alpha value is -1.75. The van der Waals surface area contributed by atoms with E-state index in [0.29, 0.717) is 19.8 Å². The van der Waals surface area contributed by atoms with Crippen molar-refractivity contribution in [2.75, 3.05) is 26.3 Å². The molecule has 0 fully saturated rings. The Kier molecular flexibility index (Phi) is 5.88. The summed E-state index contributed by atoms with van der Waals surface area (Å²) in [6.07, 6.45) is 0. The van der Waals surface area contributed by atoms with Gasteiger partial charge in [-0.3, -0.25) is 4.79 Å². The van der Waals surface area contributed by atoms with Gasteiger partial charge in [0.25, 0.3) is 0 Å². The summed E-state index contributed by atoms with van der Waals surface area (Å²) in [5.41, 5.74) is 0. The van der Waals surface area contributed by atoms with E-state index in [9.17, 15) is 4.79 Å². The van der Waals surface area contributed by atoms with Crippen LogP contribution in [0.2, 0.25) is 0 Å². The fourth-order valence-corrected chi connectivity index (χ4v) is 1.24. The highest BCUT2D eigenvalue weighted by Gasteiger charge is 1.97. The fourth-order valence-electron chi connectivity index (χ4n) is 1.24. The fraction of sp³-hybridized carbons (Fsp3) is 0.417. The van der Waals surface area contributed by atoms with E-state index in [2.05, 4.69) is 5.32 Å². The molecule has 0 amide bonds. The van der Waals surface area contributed by atoms with E-state index in [4.69, 9.17) is 14.6 Å². The summed E-state index contributed by atoms with van der Waals surface area (Å²) in [5, 5.41) is 11.1. The van der Waals surface area contributed by atoms with E-state index >= 15 is 0 Å². The molecule has 0 aliphatic rings. The van der Waals surface area contributed by atoms with Crippen LogP contribution >= 0.6 is 0 Å². The predicted molar refractivity (Wildman–Crippen MR) is 63.6 cm³/mol. The van der Waals surface area contributed by atoms with Crippen LogP contribution in [0.5, 0.6) is 11.5 Å². The molecular formula is C12H17NO4. The number of carboxylic acid groups (broad SMARTS) is 1. The van der Waals surface area contributed by atoms with Crippen molar-refractivity contribution in [1.82, 2.24) is 5.32 Å². The van der Waals surface area contributed by atoms with Gasteiger partial charge in [0.15, 0.2) is 0 Å². The molecule has 5 heteroatoms. The molecule has 0 atom stereocenters. The molecule has 1 aromatic rings. The Balaban J connectivity index is 2.20. The van der Waals surface area contributed by atoms with E-state index in [-0.39, 0.29) is 6.54 Å². The minimum Gasteiger partial charge on any atom is -0.494 e. The number of benzene rings is 1. The van der Waals surface area contributed by atoms with Gasteiger partial charge in [-0.1, -0.05) is 0 Å². The third kappa shape index (κ3) is 5.77. The van der Waals surface area contributed by atoms with Gasteiger partial charge in [0, 0.05) is 6.54 Å². The average molecular weight is 239 g/mol. The summed E-state index contributed by atoms with van der Waals surface area (Å²) < 4.78 is 10.7. The zero-order valence-electron chi connectivity index (χ0n) is 9.81. The van der Waals surface area contributed by atoms with Crippen molar-refractivity contribution < 1.29 is 19.4 Å². The second kappa shape index (κ2) is 7.51. The van der Waals surface area contributed by atoms with Crippen LogP contribution in [0.15, 0.2) is 24.3 Å². The third-order valence-corrected chi connectivity index (χ3v) is 1.96. The maximum atomic E-state index is 10.2. The molecule has 0 heterocycles. The minimum atomic E-state index is -0.869. The molecule has 5 nitrogen and oxygen atoms in total. The van der Waals surface area contributed by atoms with Gasteiger partial charge in [-0.2, -0.15) is 0 Å². The monoisotopic (exact) mass is 239 g/mol. The summed E-state index contributed by atoms with van der Waals surface area (Å²) >= 11 is 0. The molecule has 0 aliphatic carbocycles.